The molecular formula is C11H19NO2. The Morgan fingerprint density at radius 1 is 1.43 bits per heavy atom. The summed E-state index contributed by atoms with van der Waals surface area (Å²) in [7, 11) is 1.48. The smallest absolute Gasteiger partial charge is 0.308 e. The van der Waals surface area contributed by atoms with Gasteiger partial charge in [-0.05, 0) is 31.7 Å². The van der Waals surface area contributed by atoms with Crippen LogP contribution in [0.15, 0.2) is 0 Å². The predicted octanol–water partition coefficient (Wildman–Crippen LogP) is 1.28. The second-order valence-corrected chi connectivity index (χ2v) is 4.73. The molecule has 1 atom stereocenters. The summed E-state index contributed by atoms with van der Waals surface area (Å²) in [4.78, 5) is 13.7. The molecule has 2 rings (SSSR count). The number of rotatable bonds is 2. The van der Waals surface area contributed by atoms with Gasteiger partial charge in [0.15, 0.2) is 0 Å². The molecule has 1 unspecified atom stereocenters. The van der Waals surface area contributed by atoms with Gasteiger partial charge in [0.1, 0.15) is 0 Å². The van der Waals surface area contributed by atoms with Gasteiger partial charge in [-0.3, -0.25) is 4.79 Å². The summed E-state index contributed by atoms with van der Waals surface area (Å²) in [6, 6.07) is 0.657. The third-order valence-electron chi connectivity index (χ3n) is 3.62. The van der Waals surface area contributed by atoms with Crippen LogP contribution >= 0.6 is 0 Å². The molecule has 2 fully saturated rings. The van der Waals surface area contributed by atoms with Crippen molar-refractivity contribution < 1.29 is 9.53 Å². The van der Waals surface area contributed by atoms with Crippen LogP contribution in [-0.4, -0.2) is 37.1 Å². The minimum atomic E-state index is -0.0199. The summed E-state index contributed by atoms with van der Waals surface area (Å²) in [5.74, 6) is 1.00. The van der Waals surface area contributed by atoms with Crippen LogP contribution in [0.25, 0.3) is 0 Å². The summed E-state index contributed by atoms with van der Waals surface area (Å²) in [6.45, 7) is 4.74. The molecule has 1 saturated carbocycles. The Kier molecular flexibility index (Phi) is 2.77. The Morgan fingerprint density at radius 3 is 2.64 bits per heavy atom. The fourth-order valence-electron chi connectivity index (χ4n) is 2.55. The number of hydrogen-bond acceptors (Lipinski definition) is 3. The van der Waals surface area contributed by atoms with Gasteiger partial charge < -0.3 is 9.64 Å². The van der Waals surface area contributed by atoms with E-state index < -0.39 is 0 Å². The lowest BCUT2D eigenvalue weighted by molar-refractivity contribution is -0.150. The minimum absolute atomic E-state index is 0.0199. The second-order valence-electron chi connectivity index (χ2n) is 4.73. The summed E-state index contributed by atoms with van der Waals surface area (Å²) in [6.07, 6.45) is 3.35. The van der Waals surface area contributed by atoms with Crippen LogP contribution in [0.5, 0.6) is 0 Å². The third-order valence-corrected chi connectivity index (χ3v) is 3.62. The maximum atomic E-state index is 11.2. The summed E-state index contributed by atoms with van der Waals surface area (Å²) in [5, 5.41) is 0. The molecule has 0 aromatic heterocycles. The number of carbonyl (C=O) groups is 1. The lowest BCUT2D eigenvalue weighted by Crippen LogP contribution is -2.46. The first-order valence-electron chi connectivity index (χ1n) is 5.52. The van der Waals surface area contributed by atoms with Gasteiger partial charge in [0.05, 0.1) is 13.0 Å². The molecule has 80 valence electrons. The normalized spacial score (nSPS) is 38.0. The number of ether oxygens (including phenoxy) is 1. The van der Waals surface area contributed by atoms with Crippen LogP contribution in [0.4, 0.5) is 0 Å². The van der Waals surface area contributed by atoms with Crippen molar-refractivity contribution in [2.24, 2.45) is 11.8 Å². The standard InChI is InChI=1S/C11H19NO2/c1-8-3-4-12(7-8)10-5-9(6-10)11(13)14-2/h8-10H,3-7H2,1-2H3. The van der Waals surface area contributed by atoms with Crippen molar-refractivity contribution in [2.75, 3.05) is 20.2 Å². The Morgan fingerprint density at radius 2 is 2.14 bits per heavy atom. The van der Waals surface area contributed by atoms with Crippen molar-refractivity contribution in [1.82, 2.24) is 4.90 Å². The molecule has 0 bridgehead atoms. The SMILES string of the molecule is COC(=O)C1CC(N2CCC(C)C2)C1. The maximum absolute atomic E-state index is 11.2. The van der Waals surface area contributed by atoms with Gasteiger partial charge >= 0.3 is 5.97 Å². The van der Waals surface area contributed by atoms with Crippen LogP contribution in [-0.2, 0) is 9.53 Å². The molecule has 1 aliphatic heterocycles. The molecule has 1 aliphatic carbocycles. The predicted molar refractivity (Wildman–Crippen MR) is 53.9 cm³/mol. The molecule has 14 heavy (non-hydrogen) atoms. The summed E-state index contributed by atoms with van der Waals surface area (Å²) < 4.78 is 4.73. The molecule has 0 amide bonds. The van der Waals surface area contributed by atoms with Gasteiger partial charge in [-0.2, -0.15) is 0 Å². The molecule has 2 aliphatic rings. The van der Waals surface area contributed by atoms with Gasteiger partial charge in [-0.1, -0.05) is 6.92 Å². The topological polar surface area (TPSA) is 29.5 Å². The molecule has 0 aromatic carbocycles. The lowest BCUT2D eigenvalue weighted by Gasteiger charge is -2.39. The van der Waals surface area contributed by atoms with Crippen molar-refractivity contribution in [3.63, 3.8) is 0 Å². The van der Waals surface area contributed by atoms with E-state index in [1.165, 1.54) is 26.6 Å². The van der Waals surface area contributed by atoms with Gasteiger partial charge in [-0.25, -0.2) is 0 Å². The highest BCUT2D eigenvalue weighted by Gasteiger charge is 2.40. The van der Waals surface area contributed by atoms with Crippen LogP contribution in [0, 0.1) is 11.8 Å². The molecule has 0 spiro atoms. The van der Waals surface area contributed by atoms with E-state index in [1.807, 2.05) is 0 Å². The Labute approximate surface area is 85.4 Å². The Bertz CT molecular complexity index is 223. The number of nitrogens with zero attached hydrogens (tertiary/aromatic N) is 1. The first-order valence-corrected chi connectivity index (χ1v) is 5.52. The zero-order valence-corrected chi connectivity index (χ0v) is 9.03. The monoisotopic (exact) mass is 197 g/mol. The quantitative estimate of drug-likeness (QED) is 0.625. The fourth-order valence-corrected chi connectivity index (χ4v) is 2.55. The van der Waals surface area contributed by atoms with Crippen molar-refractivity contribution >= 4 is 5.97 Å². The fraction of sp³-hybridized carbons (Fsp3) is 0.909. The van der Waals surface area contributed by atoms with E-state index in [1.54, 1.807) is 0 Å². The van der Waals surface area contributed by atoms with E-state index >= 15 is 0 Å². The van der Waals surface area contributed by atoms with E-state index in [9.17, 15) is 4.79 Å². The van der Waals surface area contributed by atoms with E-state index in [0.717, 1.165) is 18.8 Å². The van der Waals surface area contributed by atoms with E-state index in [0.29, 0.717) is 6.04 Å². The number of likely N-dealkylation sites (tertiary alicyclic amines) is 1. The van der Waals surface area contributed by atoms with Gasteiger partial charge in [0, 0.05) is 12.6 Å². The van der Waals surface area contributed by atoms with E-state index in [-0.39, 0.29) is 11.9 Å². The Hall–Kier alpha value is -0.570. The molecule has 1 heterocycles. The highest BCUT2D eigenvalue weighted by atomic mass is 16.5. The van der Waals surface area contributed by atoms with Crippen LogP contribution < -0.4 is 0 Å². The van der Waals surface area contributed by atoms with Crippen LogP contribution in [0.2, 0.25) is 0 Å². The first-order chi connectivity index (χ1) is 6.70. The zero-order chi connectivity index (χ0) is 10.1. The molecule has 1 saturated heterocycles. The highest BCUT2D eigenvalue weighted by molar-refractivity contribution is 5.73. The van der Waals surface area contributed by atoms with E-state index in [4.69, 9.17) is 4.74 Å². The highest BCUT2D eigenvalue weighted by Crippen LogP contribution is 2.35. The zero-order valence-electron chi connectivity index (χ0n) is 9.03. The molecular weight excluding hydrogens is 178 g/mol. The number of carbonyl (C=O) groups excluding carboxylic acids is 1. The van der Waals surface area contributed by atoms with Gasteiger partial charge in [-0.15, -0.1) is 0 Å². The molecule has 3 heteroatoms. The summed E-state index contributed by atoms with van der Waals surface area (Å²) in [5.41, 5.74) is 0. The third kappa shape index (κ3) is 1.78. The molecule has 0 aromatic rings. The van der Waals surface area contributed by atoms with Crippen LogP contribution in [0.3, 0.4) is 0 Å². The second kappa shape index (κ2) is 3.89. The van der Waals surface area contributed by atoms with Crippen LogP contribution in [0.1, 0.15) is 26.2 Å². The lowest BCUT2D eigenvalue weighted by atomic mass is 9.79. The van der Waals surface area contributed by atoms with Crippen molar-refractivity contribution in [3.8, 4) is 0 Å². The van der Waals surface area contributed by atoms with Crippen molar-refractivity contribution in [1.29, 1.82) is 0 Å². The maximum Gasteiger partial charge on any atom is 0.308 e. The number of esters is 1. The summed E-state index contributed by atoms with van der Waals surface area (Å²) >= 11 is 0. The first kappa shape index (κ1) is 9.97. The van der Waals surface area contributed by atoms with Gasteiger partial charge in [0.25, 0.3) is 0 Å². The molecule has 0 radical (unpaired) electrons. The van der Waals surface area contributed by atoms with E-state index in [2.05, 4.69) is 11.8 Å². The number of hydrogen-bond donors (Lipinski definition) is 0. The average molecular weight is 197 g/mol. The molecule has 0 N–H and O–H groups in total. The van der Waals surface area contributed by atoms with Gasteiger partial charge in [0.2, 0.25) is 0 Å². The van der Waals surface area contributed by atoms with Crippen molar-refractivity contribution in [2.45, 2.75) is 32.2 Å². The minimum Gasteiger partial charge on any atom is -0.469 e. The van der Waals surface area contributed by atoms with Crippen molar-refractivity contribution in [3.05, 3.63) is 0 Å². The Balaban J connectivity index is 1.75. The largest absolute Gasteiger partial charge is 0.469 e. The molecule has 3 nitrogen and oxygen atoms in total. The number of methoxy groups -OCH3 is 1. The average Bonchev–Trinajstić information content (AvgIpc) is 2.49.